The van der Waals surface area contributed by atoms with Crippen molar-refractivity contribution in [2.75, 3.05) is 5.32 Å². The summed E-state index contributed by atoms with van der Waals surface area (Å²) in [7, 11) is 0. The molecule has 1 aromatic carbocycles. The summed E-state index contributed by atoms with van der Waals surface area (Å²) in [6.45, 7) is 0.610. The molecule has 0 saturated heterocycles. The lowest BCUT2D eigenvalue weighted by Crippen LogP contribution is -2.04. The Bertz CT molecular complexity index is 1170. The molecule has 0 amide bonds. The highest BCUT2D eigenvalue weighted by molar-refractivity contribution is 5.81. The molecule has 4 aromatic rings. The summed E-state index contributed by atoms with van der Waals surface area (Å²) in [6, 6.07) is 7.21. The van der Waals surface area contributed by atoms with Gasteiger partial charge in [-0.2, -0.15) is 15.5 Å². The van der Waals surface area contributed by atoms with Crippen molar-refractivity contribution >= 4 is 22.4 Å². The molecule has 0 aliphatic heterocycles. The maximum Gasteiger partial charge on any atom is 0.132 e. The van der Waals surface area contributed by atoms with E-state index >= 15 is 0 Å². The van der Waals surface area contributed by atoms with Crippen molar-refractivity contribution in [3.05, 3.63) is 66.3 Å². The fourth-order valence-corrected chi connectivity index (χ4v) is 2.86. The lowest BCUT2D eigenvalue weighted by Gasteiger charge is -2.07. The van der Waals surface area contributed by atoms with Gasteiger partial charge in [-0.1, -0.05) is 0 Å². The van der Waals surface area contributed by atoms with Gasteiger partial charge in [0.2, 0.25) is 0 Å². The maximum absolute atomic E-state index is 14.0. The summed E-state index contributed by atoms with van der Waals surface area (Å²) < 4.78 is 30.7. The minimum atomic E-state index is -0.495. The number of nitrogens with one attached hydrogen (secondary N) is 1. The van der Waals surface area contributed by atoms with Crippen molar-refractivity contribution < 1.29 is 8.78 Å². The lowest BCUT2D eigenvalue weighted by atomic mass is 10.2. The summed E-state index contributed by atoms with van der Waals surface area (Å²) in [5, 5.41) is 21.0. The van der Waals surface area contributed by atoms with Gasteiger partial charge in [-0.05, 0) is 18.2 Å². The third kappa shape index (κ3) is 3.66. The van der Waals surface area contributed by atoms with Crippen LogP contribution in [0.4, 0.5) is 20.3 Å². The van der Waals surface area contributed by atoms with E-state index < -0.39 is 11.6 Å². The average molecular weight is 379 g/mol. The predicted molar refractivity (Wildman–Crippen MR) is 98.7 cm³/mol. The Balaban J connectivity index is 1.58. The van der Waals surface area contributed by atoms with Gasteiger partial charge >= 0.3 is 0 Å². The highest BCUT2D eigenvalue weighted by Crippen LogP contribution is 2.21. The second-order valence-electron chi connectivity index (χ2n) is 6.19. The Labute approximate surface area is 158 Å². The SMILES string of the molecule is N#CCCn1cc(Nc2cc3c(cn2)cnn3Cc2cc(F)ccc2F)cn1. The van der Waals surface area contributed by atoms with E-state index in [0.29, 0.717) is 18.8 Å². The summed E-state index contributed by atoms with van der Waals surface area (Å²) in [6.07, 6.45) is 7.08. The van der Waals surface area contributed by atoms with Crippen molar-refractivity contribution in [1.29, 1.82) is 5.26 Å². The van der Waals surface area contributed by atoms with Crippen molar-refractivity contribution in [2.24, 2.45) is 0 Å². The Morgan fingerprint density at radius 1 is 1.11 bits per heavy atom. The number of benzene rings is 1. The molecule has 1 N–H and O–H groups in total. The topological polar surface area (TPSA) is 84.4 Å². The molecule has 0 unspecified atom stereocenters. The fourth-order valence-electron chi connectivity index (χ4n) is 2.86. The van der Waals surface area contributed by atoms with Crippen LogP contribution in [0, 0.1) is 23.0 Å². The molecule has 0 aliphatic carbocycles. The standard InChI is InChI=1S/C19H15F2N7/c20-15-2-3-17(21)13(6-15)11-28-18-7-19(23-8-14(18)9-25-28)26-16-10-24-27(12-16)5-1-4-22/h2-3,6-10,12H,1,5,11H2,(H,23,26). The van der Waals surface area contributed by atoms with Crippen LogP contribution in [0.2, 0.25) is 0 Å². The Hall–Kier alpha value is -3.80. The molecule has 3 heterocycles. The zero-order valence-corrected chi connectivity index (χ0v) is 14.7. The van der Waals surface area contributed by atoms with Gasteiger partial charge in [0.1, 0.15) is 17.5 Å². The molecule has 0 bridgehead atoms. The number of pyridine rings is 1. The Morgan fingerprint density at radius 3 is 2.86 bits per heavy atom. The van der Waals surface area contributed by atoms with E-state index in [-0.39, 0.29) is 12.1 Å². The molecule has 3 aromatic heterocycles. The fraction of sp³-hybridized carbons (Fsp3) is 0.158. The normalized spacial score (nSPS) is 10.9. The van der Waals surface area contributed by atoms with Crippen molar-refractivity contribution in [3.8, 4) is 6.07 Å². The first kappa shape index (κ1) is 17.6. The maximum atomic E-state index is 14.0. The molecule has 0 fully saturated rings. The van der Waals surface area contributed by atoms with E-state index in [0.717, 1.165) is 28.7 Å². The van der Waals surface area contributed by atoms with Crippen LogP contribution in [0.1, 0.15) is 12.0 Å². The first-order chi connectivity index (χ1) is 13.6. The number of nitriles is 1. The molecule has 7 nitrogen and oxygen atoms in total. The first-order valence-electron chi connectivity index (χ1n) is 8.54. The van der Waals surface area contributed by atoms with E-state index in [1.807, 2.05) is 0 Å². The summed E-state index contributed by atoms with van der Waals surface area (Å²) in [4.78, 5) is 4.34. The molecule has 9 heteroatoms. The van der Waals surface area contributed by atoms with Crippen molar-refractivity contribution in [1.82, 2.24) is 24.5 Å². The number of rotatable bonds is 6. The third-order valence-corrected chi connectivity index (χ3v) is 4.21. The summed E-state index contributed by atoms with van der Waals surface area (Å²) in [5.41, 5.74) is 1.68. The van der Waals surface area contributed by atoms with Crippen LogP contribution in [0.5, 0.6) is 0 Å². The molecule has 0 spiro atoms. The molecular formula is C19H15F2N7. The first-order valence-corrected chi connectivity index (χ1v) is 8.54. The third-order valence-electron chi connectivity index (χ3n) is 4.21. The minimum Gasteiger partial charge on any atom is -0.338 e. The van der Waals surface area contributed by atoms with Gasteiger partial charge in [0.05, 0.1) is 49.2 Å². The van der Waals surface area contributed by atoms with Gasteiger partial charge in [-0.15, -0.1) is 0 Å². The average Bonchev–Trinajstić information content (AvgIpc) is 3.30. The molecule has 0 radical (unpaired) electrons. The lowest BCUT2D eigenvalue weighted by molar-refractivity contribution is 0.570. The second kappa shape index (κ2) is 7.44. The number of hydrogen-bond acceptors (Lipinski definition) is 5. The second-order valence-corrected chi connectivity index (χ2v) is 6.19. The Morgan fingerprint density at radius 2 is 2.00 bits per heavy atom. The van der Waals surface area contributed by atoms with Crippen molar-refractivity contribution in [3.63, 3.8) is 0 Å². The van der Waals surface area contributed by atoms with E-state index in [9.17, 15) is 8.78 Å². The number of hydrogen-bond donors (Lipinski definition) is 1. The zero-order chi connectivity index (χ0) is 19.5. The monoisotopic (exact) mass is 379 g/mol. The number of fused-ring (bicyclic) bond motifs is 1. The summed E-state index contributed by atoms with van der Waals surface area (Å²) in [5.74, 6) is -0.415. The smallest absolute Gasteiger partial charge is 0.132 e. The highest BCUT2D eigenvalue weighted by atomic mass is 19.1. The molecular weight excluding hydrogens is 364 g/mol. The van der Waals surface area contributed by atoms with E-state index in [2.05, 4.69) is 26.6 Å². The number of aromatic nitrogens is 5. The molecule has 140 valence electrons. The van der Waals surface area contributed by atoms with Crippen LogP contribution >= 0.6 is 0 Å². The van der Waals surface area contributed by atoms with Crippen LogP contribution in [-0.4, -0.2) is 24.5 Å². The van der Waals surface area contributed by atoms with Crippen LogP contribution < -0.4 is 5.32 Å². The molecule has 0 aliphatic rings. The van der Waals surface area contributed by atoms with Gasteiger partial charge in [-0.25, -0.2) is 13.8 Å². The quantitative estimate of drug-likeness (QED) is 0.553. The van der Waals surface area contributed by atoms with Crippen LogP contribution in [-0.2, 0) is 13.1 Å². The highest BCUT2D eigenvalue weighted by Gasteiger charge is 2.10. The van der Waals surface area contributed by atoms with E-state index in [4.69, 9.17) is 5.26 Å². The molecule has 28 heavy (non-hydrogen) atoms. The minimum absolute atomic E-state index is 0.0998. The van der Waals surface area contributed by atoms with Crippen LogP contribution in [0.3, 0.4) is 0 Å². The largest absolute Gasteiger partial charge is 0.338 e. The number of nitrogens with zero attached hydrogens (tertiary/aromatic N) is 6. The molecule has 0 atom stereocenters. The van der Waals surface area contributed by atoms with Crippen LogP contribution in [0.15, 0.2) is 49.1 Å². The van der Waals surface area contributed by atoms with Gasteiger partial charge in [0, 0.05) is 29.4 Å². The molecule has 0 saturated carbocycles. The zero-order valence-electron chi connectivity index (χ0n) is 14.7. The van der Waals surface area contributed by atoms with Gasteiger partial charge in [0.25, 0.3) is 0 Å². The Kier molecular flexibility index (Phi) is 4.68. The number of aryl methyl sites for hydroxylation is 1. The van der Waals surface area contributed by atoms with E-state index in [1.54, 1.807) is 40.2 Å². The van der Waals surface area contributed by atoms with Crippen LogP contribution in [0.25, 0.3) is 10.9 Å². The number of halogens is 2. The van der Waals surface area contributed by atoms with Gasteiger partial charge in [0.15, 0.2) is 0 Å². The molecule has 4 rings (SSSR count). The van der Waals surface area contributed by atoms with Gasteiger partial charge < -0.3 is 5.32 Å². The predicted octanol–water partition coefficient (Wildman–Crippen LogP) is 3.61. The van der Waals surface area contributed by atoms with E-state index in [1.165, 1.54) is 6.07 Å². The number of anilines is 2. The van der Waals surface area contributed by atoms with Crippen molar-refractivity contribution in [2.45, 2.75) is 19.5 Å². The van der Waals surface area contributed by atoms with Gasteiger partial charge in [-0.3, -0.25) is 9.36 Å². The summed E-state index contributed by atoms with van der Waals surface area (Å²) >= 11 is 0.